The minimum atomic E-state index is -0.402. The van der Waals surface area contributed by atoms with Gasteiger partial charge in [-0.3, -0.25) is 9.59 Å². The topological polar surface area (TPSA) is 52.7 Å². The quantitative estimate of drug-likeness (QED) is 0.697. The van der Waals surface area contributed by atoms with Gasteiger partial charge in [0.2, 0.25) is 11.8 Å². The molecule has 1 aromatic rings. The van der Waals surface area contributed by atoms with Crippen molar-refractivity contribution < 1.29 is 9.59 Å². The predicted molar refractivity (Wildman–Crippen MR) is 121 cm³/mol. The van der Waals surface area contributed by atoms with E-state index >= 15 is 0 Å². The molecule has 0 radical (unpaired) electrons. The van der Waals surface area contributed by atoms with Crippen molar-refractivity contribution in [3.05, 3.63) is 35.4 Å². The van der Waals surface area contributed by atoms with E-state index in [1.807, 2.05) is 26.0 Å². The number of piperidine rings is 1. The van der Waals surface area contributed by atoms with Crippen LogP contribution in [-0.2, 0) is 22.6 Å². The summed E-state index contributed by atoms with van der Waals surface area (Å²) >= 11 is 0. The van der Waals surface area contributed by atoms with E-state index in [0.29, 0.717) is 25.9 Å². The molecule has 1 fully saturated rings. The van der Waals surface area contributed by atoms with Gasteiger partial charge in [-0.2, -0.15) is 0 Å². The molecule has 3 unspecified atom stereocenters. The van der Waals surface area contributed by atoms with E-state index in [2.05, 4.69) is 36.2 Å². The Labute approximate surface area is 182 Å². The smallest absolute Gasteiger partial charge is 0.243 e. The van der Waals surface area contributed by atoms with Crippen LogP contribution in [0.25, 0.3) is 0 Å². The molecule has 5 nitrogen and oxygen atoms in total. The van der Waals surface area contributed by atoms with Crippen molar-refractivity contribution in [1.82, 2.24) is 15.1 Å². The molecule has 3 rings (SSSR count). The highest BCUT2D eigenvalue weighted by Gasteiger charge is 2.34. The predicted octanol–water partition coefficient (Wildman–Crippen LogP) is 3.47. The largest absolute Gasteiger partial charge is 0.354 e. The molecule has 2 aliphatic rings. The van der Waals surface area contributed by atoms with E-state index in [-0.39, 0.29) is 17.7 Å². The van der Waals surface area contributed by atoms with Crippen LogP contribution in [-0.4, -0.2) is 53.8 Å². The van der Waals surface area contributed by atoms with Gasteiger partial charge in [0, 0.05) is 39.0 Å². The molecule has 0 aliphatic carbocycles. The minimum Gasteiger partial charge on any atom is -0.354 e. The summed E-state index contributed by atoms with van der Waals surface area (Å²) < 4.78 is 0. The molecule has 0 saturated carbocycles. The van der Waals surface area contributed by atoms with Gasteiger partial charge in [0.25, 0.3) is 0 Å². The lowest BCUT2D eigenvalue weighted by Gasteiger charge is -2.37. The molecule has 3 atom stereocenters. The molecule has 0 spiro atoms. The molecule has 1 saturated heterocycles. The van der Waals surface area contributed by atoms with Crippen molar-refractivity contribution in [2.24, 2.45) is 17.8 Å². The monoisotopic (exact) mass is 413 g/mol. The lowest BCUT2D eigenvalue weighted by atomic mass is 9.92. The van der Waals surface area contributed by atoms with Crippen LogP contribution < -0.4 is 5.32 Å². The lowest BCUT2D eigenvalue weighted by Crippen LogP contribution is -2.53. The van der Waals surface area contributed by atoms with Crippen LogP contribution in [0.2, 0.25) is 0 Å². The summed E-state index contributed by atoms with van der Waals surface area (Å²) in [6, 6.07) is 7.77. The summed E-state index contributed by atoms with van der Waals surface area (Å²) in [5.74, 6) is 1.86. The van der Waals surface area contributed by atoms with E-state index in [0.717, 1.165) is 43.5 Å². The van der Waals surface area contributed by atoms with Crippen molar-refractivity contribution >= 4 is 11.8 Å². The van der Waals surface area contributed by atoms with Gasteiger partial charge >= 0.3 is 0 Å². The zero-order chi connectivity index (χ0) is 21.7. The summed E-state index contributed by atoms with van der Waals surface area (Å²) in [7, 11) is 0. The van der Waals surface area contributed by atoms with Crippen molar-refractivity contribution in [1.29, 1.82) is 0 Å². The van der Waals surface area contributed by atoms with Crippen molar-refractivity contribution in [2.75, 3.05) is 26.2 Å². The van der Waals surface area contributed by atoms with E-state index in [1.165, 1.54) is 12.0 Å². The average Bonchev–Trinajstić information content (AvgIpc) is 2.69. The van der Waals surface area contributed by atoms with Gasteiger partial charge in [0.05, 0.1) is 0 Å². The van der Waals surface area contributed by atoms with Crippen LogP contribution in [0.1, 0.15) is 58.1 Å². The molecule has 1 N–H and O–H groups in total. The van der Waals surface area contributed by atoms with Gasteiger partial charge in [-0.05, 0) is 48.3 Å². The third-order valence-electron chi connectivity index (χ3n) is 6.35. The Morgan fingerprint density at radius 3 is 2.43 bits per heavy atom. The number of hydrogen-bond donors (Lipinski definition) is 1. The molecule has 1 aromatic carbocycles. The zero-order valence-corrected chi connectivity index (χ0v) is 19.2. The van der Waals surface area contributed by atoms with Gasteiger partial charge in [-0.1, -0.05) is 52.0 Å². The molecular formula is C25H39N3O2. The van der Waals surface area contributed by atoms with E-state index < -0.39 is 6.04 Å². The van der Waals surface area contributed by atoms with Gasteiger partial charge in [0.1, 0.15) is 6.04 Å². The van der Waals surface area contributed by atoms with Crippen LogP contribution >= 0.6 is 0 Å². The number of carbonyl (C=O) groups excluding carboxylic acids is 2. The highest BCUT2D eigenvalue weighted by molar-refractivity contribution is 5.88. The number of likely N-dealkylation sites (tertiary alicyclic amines) is 1. The van der Waals surface area contributed by atoms with Crippen LogP contribution in [0, 0.1) is 17.8 Å². The SMILES string of the molecule is CC(C)CC(=O)N1Cc2ccccc2CC1C(=O)NCCCN1CC(C)CC(C)C1. The number of amides is 2. The fourth-order valence-corrected chi connectivity index (χ4v) is 5.09. The van der Waals surface area contributed by atoms with Crippen LogP contribution in [0.3, 0.4) is 0 Å². The van der Waals surface area contributed by atoms with Crippen molar-refractivity contribution in [3.63, 3.8) is 0 Å². The number of benzene rings is 1. The Bertz CT molecular complexity index is 723. The molecule has 5 heteroatoms. The Kier molecular flexibility index (Phi) is 7.93. The first-order valence-corrected chi connectivity index (χ1v) is 11.7. The van der Waals surface area contributed by atoms with Crippen molar-refractivity contribution in [2.45, 2.75) is 66.0 Å². The Balaban J connectivity index is 1.56. The normalized spacial score (nSPS) is 24.6. The highest BCUT2D eigenvalue weighted by atomic mass is 16.2. The van der Waals surface area contributed by atoms with Gasteiger partial charge < -0.3 is 15.1 Å². The zero-order valence-electron chi connectivity index (χ0n) is 19.2. The molecule has 0 bridgehead atoms. The maximum absolute atomic E-state index is 13.0. The molecule has 2 amide bonds. The summed E-state index contributed by atoms with van der Waals surface area (Å²) in [4.78, 5) is 30.2. The number of nitrogens with zero attached hydrogens (tertiary/aromatic N) is 2. The van der Waals surface area contributed by atoms with Crippen LogP contribution in [0.15, 0.2) is 24.3 Å². The number of nitrogens with one attached hydrogen (secondary N) is 1. The highest BCUT2D eigenvalue weighted by Crippen LogP contribution is 2.25. The molecule has 2 aliphatic heterocycles. The second-order valence-electron chi connectivity index (χ2n) is 9.96. The molecule has 166 valence electrons. The molecule has 0 aromatic heterocycles. The molecular weight excluding hydrogens is 374 g/mol. The fourth-order valence-electron chi connectivity index (χ4n) is 5.09. The maximum atomic E-state index is 13.0. The lowest BCUT2D eigenvalue weighted by molar-refractivity contribution is -0.142. The molecule has 2 heterocycles. The first-order valence-electron chi connectivity index (χ1n) is 11.7. The standard InChI is InChI=1S/C25H39N3O2/c1-18(2)12-24(29)28-17-22-9-6-5-8-21(22)14-23(28)25(30)26-10-7-11-27-15-19(3)13-20(4)16-27/h5-6,8-9,18-20,23H,7,10-17H2,1-4H3,(H,26,30). The Hall–Kier alpha value is -1.88. The number of fused-ring (bicyclic) bond motifs is 1. The van der Waals surface area contributed by atoms with E-state index in [4.69, 9.17) is 0 Å². The van der Waals surface area contributed by atoms with Gasteiger partial charge in [-0.25, -0.2) is 0 Å². The summed E-state index contributed by atoms with van der Waals surface area (Å²) in [6.45, 7) is 13.3. The number of hydrogen-bond acceptors (Lipinski definition) is 3. The van der Waals surface area contributed by atoms with E-state index in [1.54, 1.807) is 4.90 Å². The first kappa shape index (κ1) is 22.8. The Morgan fingerprint density at radius 1 is 1.10 bits per heavy atom. The summed E-state index contributed by atoms with van der Waals surface area (Å²) in [6.07, 6.45) is 3.36. The van der Waals surface area contributed by atoms with Crippen molar-refractivity contribution in [3.8, 4) is 0 Å². The maximum Gasteiger partial charge on any atom is 0.243 e. The number of carbonyl (C=O) groups is 2. The number of rotatable bonds is 7. The van der Waals surface area contributed by atoms with E-state index in [9.17, 15) is 9.59 Å². The van der Waals surface area contributed by atoms with Crippen LogP contribution in [0.4, 0.5) is 0 Å². The fraction of sp³-hybridized carbons (Fsp3) is 0.680. The minimum absolute atomic E-state index is 0.0120. The second-order valence-corrected chi connectivity index (χ2v) is 9.96. The molecule has 30 heavy (non-hydrogen) atoms. The van der Waals surface area contributed by atoms with Gasteiger partial charge in [0.15, 0.2) is 0 Å². The Morgan fingerprint density at radius 2 is 1.77 bits per heavy atom. The summed E-state index contributed by atoms with van der Waals surface area (Å²) in [5.41, 5.74) is 2.34. The van der Waals surface area contributed by atoms with Gasteiger partial charge in [-0.15, -0.1) is 0 Å². The third-order valence-corrected chi connectivity index (χ3v) is 6.35. The third kappa shape index (κ3) is 6.07. The second kappa shape index (κ2) is 10.4. The van der Waals surface area contributed by atoms with Crippen LogP contribution in [0.5, 0.6) is 0 Å². The summed E-state index contributed by atoms with van der Waals surface area (Å²) in [5, 5.41) is 3.12. The first-order chi connectivity index (χ1) is 14.3. The average molecular weight is 414 g/mol.